The van der Waals surface area contributed by atoms with Crippen LogP contribution in [-0.4, -0.2) is 26.1 Å². The lowest BCUT2D eigenvalue weighted by molar-refractivity contribution is -0.144. The summed E-state index contributed by atoms with van der Waals surface area (Å²) in [6.07, 6.45) is -3.34. The Morgan fingerprint density at radius 1 is 1.19 bits per heavy atom. The van der Waals surface area contributed by atoms with Crippen molar-refractivity contribution >= 4 is 50.3 Å². The third-order valence-electron chi connectivity index (χ3n) is 3.93. The number of rotatable bonds is 8. The van der Waals surface area contributed by atoms with E-state index in [1.54, 1.807) is 6.07 Å². The van der Waals surface area contributed by atoms with Crippen molar-refractivity contribution in [2.45, 2.75) is 17.1 Å². The average molecular weight is 492 g/mol. The van der Waals surface area contributed by atoms with Crippen LogP contribution in [0.5, 0.6) is 0 Å². The number of carbonyl (C=O) groups is 1. The van der Waals surface area contributed by atoms with E-state index in [0.29, 0.717) is 4.47 Å². The van der Waals surface area contributed by atoms with E-state index in [2.05, 4.69) is 15.1 Å². The van der Waals surface area contributed by atoms with Crippen molar-refractivity contribution in [3.63, 3.8) is 0 Å². The molecule has 1 aromatic heterocycles. The molecule has 0 aliphatic carbocycles. The number of carbonyl (C=O) groups excluding carboxylic acids is 1. The summed E-state index contributed by atoms with van der Waals surface area (Å²) in [4.78, 5) is 18.7. The number of hydrogen-bond donors (Lipinski definition) is 1. The molecule has 0 unspecified atom stereocenters. The second-order valence-corrected chi connectivity index (χ2v) is 8.95. The van der Waals surface area contributed by atoms with E-state index in [0.717, 1.165) is 29.5 Å². The highest BCUT2D eigenvalue weighted by molar-refractivity contribution is 7.92. The fourth-order valence-electron chi connectivity index (χ4n) is 2.57. The van der Waals surface area contributed by atoms with Gasteiger partial charge in [0.2, 0.25) is 5.13 Å². The molecule has 0 saturated heterocycles. The molecule has 0 saturated carbocycles. The van der Waals surface area contributed by atoms with Crippen LogP contribution in [0.15, 0.2) is 65.0 Å². The Labute approximate surface area is 184 Å². The number of sulfonamides is 1. The number of benzene rings is 2. The van der Waals surface area contributed by atoms with Gasteiger partial charge < -0.3 is 10.2 Å². The fraction of sp³-hybridized carbons (Fsp3) is 0.111. The molecule has 0 amide bonds. The van der Waals surface area contributed by atoms with Gasteiger partial charge in [0.25, 0.3) is 10.0 Å². The minimum Gasteiger partial charge on any atom is -0.369 e. The van der Waals surface area contributed by atoms with E-state index in [-0.39, 0.29) is 27.9 Å². The van der Waals surface area contributed by atoms with Crippen molar-refractivity contribution in [3.05, 3.63) is 70.7 Å². The van der Waals surface area contributed by atoms with Gasteiger partial charge in [-0.2, -0.15) is 21.6 Å². The van der Waals surface area contributed by atoms with Crippen LogP contribution in [-0.2, 0) is 19.7 Å². The summed E-state index contributed by atoms with van der Waals surface area (Å²) in [6, 6.07) is 8.14. The average Bonchev–Trinajstić information content (AvgIpc) is 3.25. The zero-order valence-corrected chi connectivity index (χ0v) is 17.7. The molecule has 1 atom stereocenters. The molecule has 3 rings (SSSR count). The van der Waals surface area contributed by atoms with Crippen LogP contribution in [0.3, 0.4) is 0 Å². The second kappa shape index (κ2) is 9.12. The normalized spacial score (nSPS) is 12.8. The maximum atomic E-state index is 13.6. The van der Waals surface area contributed by atoms with Gasteiger partial charge in [0, 0.05) is 11.6 Å². The lowest BCUT2D eigenvalue weighted by atomic mass is 10.1. The maximum absolute atomic E-state index is 13.6. The number of hydrogen-bond acceptors (Lipinski definition) is 7. The standard InChI is InChI=1S/C18H13ClF3N3O4S2/c19-14-10-13(31(27,28)25(29-11-26)17-23-8-9-30-17)6-7-15(14)24-16(18(20,21)22)12-4-2-1-3-5-12/h1-11,16,24H/t16-/m1/s1. The zero-order chi connectivity index (χ0) is 22.6. The summed E-state index contributed by atoms with van der Waals surface area (Å²) >= 11 is 6.98. The Morgan fingerprint density at radius 3 is 2.45 bits per heavy atom. The van der Waals surface area contributed by atoms with Crippen molar-refractivity contribution in [1.29, 1.82) is 0 Å². The third-order valence-corrected chi connectivity index (χ3v) is 6.64. The topological polar surface area (TPSA) is 88.6 Å². The molecule has 1 N–H and O–H groups in total. The monoisotopic (exact) mass is 491 g/mol. The van der Waals surface area contributed by atoms with Gasteiger partial charge in [-0.05, 0) is 23.8 Å². The first-order valence-corrected chi connectivity index (χ1v) is 11.1. The molecule has 2 aromatic carbocycles. The Balaban J connectivity index is 1.94. The molecule has 31 heavy (non-hydrogen) atoms. The second-order valence-electron chi connectivity index (χ2n) is 5.92. The number of alkyl halides is 3. The maximum Gasteiger partial charge on any atom is 0.412 e. The van der Waals surface area contributed by atoms with Crippen LogP contribution in [0, 0.1) is 0 Å². The Bertz CT molecular complexity index is 1140. The summed E-state index contributed by atoms with van der Waals surface area (Å²) in [5.41, 5.74) is -0.180. The highest BCUT2D eigenvalue weighted by Gasteiger charge is 2.41. The van der Waals surface area contributed by atoms with Crippen LogP contribution in [0.1, 0.15) is 11.6 Å². The molecule has 0 bridgehead atoms. The lowest BCUT2D eigenvalue weighted by Gasteiger charge is -2.24. The Kier molecular flexibility index (Phi) is 6.72. The van der Waals surface area contributed by atoms with Gasteiger partial charge >= 0.3 is 12.6 Å². The number of anilines is 2. The molecule has 0 fully saturated rings. The predicted molar refractivity (Wildman–Crippen MR) is 109 cm³/mol. The Hall–Kier alpha value is -2.83. The molecule has 0 radical (unpaired) electrons. The number of aromatic nitrogens is 1. The van der Waals surface area contributed by atoms with Gasteiger partial charge in [0.1, 0.15) is 6.04 Å². The van der Waals surface area contributed by atoms with Gasteiger partial charge in [0.05, 0.1) is 15.6 Å². The zero-order valence-electron chi connectivity index (χ0n) is 15.3. The number of halogens is 4. The summed E-state index contributed by atoms with van der Waals surface area (Å²) in [6.45, 7) is -0.0930. The SMILES string of the molecule is O=CON(c1nccs1)S(=O)(=O)c1ccc(N[C@H](c2ccccc2)C(F)(F)F)c(Cl)c1. The van der Waals surface area contributed by atoms with E-state index >= 15 is 0 Å². The van der Waals surface area contributed by atoms with Gasteiger partial charge in [-0.15, -0.1) is 11.3 Å². The van der Waals surface area contributed by atoms with Crippen molar-refractivity contribution in [2.75, 3.05) is 9.79 Å². The van der Waals surface area contributed by atoms with E-state index in [1.807, 2.05) is 0 Å². The smallest absolute Gasteiger partial charge is 0.369 e. The van der Waals surface area contributed by atoms with Crippen LogP contribution >= 0.6 is 22.9 Å². The van der Waals surface area contributed by atoms with Crippen molar-refractivity contribution in [3.8, 4) is 0 Å². The van der Waals surface area contributed by atoms with Crippen LogP contribution in [0.4, 0.5) is 24.0 Å². The Morgan fingerprint density at radius 2 is 1.90 bits per heavy atom. The molecule has 7 nitrogen and oxygen atoms in total. The third kappa shape index (κ3) is 5.09. The first kappa shape index (κ1) is 22.8. The van der Waals surface area contributed by atoms with E-state index in [9.17, 15) is 26.4 Å². The van der Waals surface area contributed by atoms with Crippen molar-refractivity contribution in [2.24, 2.45) is 0 Å². The van der Waals surface area contributed by atoms with Crippen molar-refractivity contribution < 1.29 is 31.2 Å². The molecule has 0 spiro atoms. The van der Waals surface area contributed by atoms with Crippen LogP contribution in [0.25, 0.3) is 0 Å². The summed E-state index contributed by atoms with van der Waals surface area (Å²) < 4.78 is 66.7. The van der Waals surface area contributed by atoms with Crippen LogP contribution in [0.2, 0.25) is 5.02 Å². The van der Waals surface area contributed by atoms with Gasteiger partial charge in [-0.1, -0.05) is 46.4 Å². The first-order valence-electron chi connectivity index (χ1n) is 8.37. The molecule has 164 valence electrons. The molecule has 1 heterocycles. The van der Waals surface area contributed by atoms with Gasteiger partial charge in [-0.25, -0.2) is 4.98 Å². The lowest BCUT2D eigenvalue weighted by Crippen LogP contribution is -2.31. The largest absolute Gasteiger partial charge is 0.412 e. The summed E-state index contributed by atoms with van der Waals surface area (Å²) in [5, 5.41) is 3.34. The number of nitrogens with zero attached hydrogens (tertiary/aromatic N) is 2. The highest BCUT2D eigenvalue weighted by atomic mass is 35.5. The highest BCUT2D eigenvalue weighted by Crippen LogP contribution is 2.38. The quantitative estimate of drug-likeness (QED) is 0.360. The van der Waals surface area contributed by atoms with Crippen LogP contribution < -0.4 is 9.79 Å². The van der Waals surface area contributed by atoms with Crippen molar-refractivity contribution in [1.82, 2.24) is 4.98 Å². The van der Waals surface area contributed by atoms with E-state index in [1.165, 1.54) is 35.8 Å². The summed E-state index contributed by atoms with van der Waals surface area (Å²) in [5.74, 6) is 0. The molecule has 13 heteroatoms. The number of nitrogens with one attached hydrogen (secondary N) is 1. The number of thiazole rings is 1. The minimum atomic E-state index is -4.64. The van der Waals surface area contributed by atoms with E-state index in [4.69, 9.17) is 11.6 Å². The molecular weight excluding hydrogens is 479 g/mol. The molecular formula is C18H13ClF3N3O4S2. The summed E-state index contributed by atoms with van der Waals surface area (Å²) in [7, 11) is -4.44. The molecule has 0 aliphatic heterocycles. The van der Waals surface area contributed by atoms with Gasteiger partial charge in [-0.3, -0.25) is 4.79 Å². The van der Waals surface area contributed by atoms with E-state index < -0.39 is 27.1 Å². The van der Waals surface area contributed by atoms with Gasteiger partial charge in [0.15, 0.2) is 0 Å². The minimum absolute atomic E-state index is 0.0444. The fourth-order valence-corrected chi connectivity index (χ4v) is 4.89. The molecule has 0 aliphatic rings. The first-order chi connectivity index (χ1) is 14.6. The molecule has 3 aromatic rings. The predicted octanol–water partition coefficient (Wildman–Crippen LogP) is 4.80.